The first-order valence-electron chi connectivity index (χ1n) is 7.60. The van der Waals surface area contributed by atoms with E-state index in [0.717, 1.165) is 17.9 Å². The zero-order chi connectivity index (χ0) is 15.8. The van der Waals surface area contributed by atoms with Gasteiger partial charge < -0.3 is 14.8 Å². The van der Waals surface area contributed by atoms with Crippen LogP contribution in [0.5, 0.6) is 5.75 Å². The van der Waals surface area contributed by atoms with Gasteiger partial charge in [-0.15, -0.1) is 0 Å². The van der Waals surface area contributed by atoms with Crippen molar-refractivity contribution in [2.45, 2.75) is 46.8 Å². The predicted octanol–water partition coefficient (Wildman–Crippen LogP) is 3.32. The fourth-order valence-corrected chi connectivity index (χ4v) is 1.96. The van der Waals surface area contributed by atoms with Crippen molar-refractivity contribution < 1.29 is 14.3 Å². The van der Waals surface area contributed by atoms with Gasteiger partial charge in [-0.2, -0.15) is 0 Å². The number of carbonyl (C=O) groups is 1. The van der Waals surface area contributed by atoms with E-state index in [9.17, 15) is 4.79 Å². The molecule has 1 unspecified atom stereocenters. The van der Waals surface area contributed by atoms with Crippen LogP contribution in [-0.4, -0.2) is 25.2 Å². The van der Waals surface area contributed by atoms with Crippen molar-refractivity contribution in [3.63, 3.8) is 0 Å². The van der Waals surface area contributed by atoms with Gasteiger partial charge in [-0.25, -0.2) is 4.79 Å². The van der Waals surface area contributed by atoms with Crippen LogP contribution >= 0.6 is 0 Å². The summed E-state index contributed by atoms with van der Waals surface area (Å²) in [6, 6.07) is 7.16. The Hall–Kier alpha value is -1.55. The van der Waals surface area contributed by atoms with Crippen molar-refractivity contribution in [2.75, 3.05) is 13.2 Å². The molecule has 0 spiro atoms. The van der Waals surface area contributed by atoms with E-state index in [0.29, 0.717) is 12.5 Å². The highest BCUT2D eigenvalue weighted by Crippen LogP contribution is 2.21. The molecule has 1 aromatic carbocycles. The third-order valence-electron chi connectivity index (χ3n) is 2.82. The Labute approximate surface area is 127 Å². The monoisotopic (exact) mass is 293 g/mol. The smallest absolute Gasteiger partial charge is 0.327 e. The molecule has 0 aliphatic carbocycles. The van der Waals surface area contributed by atoms with Gasteiger partial charge in [0.2, 0.25) is 0 Å². The summed E-state index contributed by atoms with van der Waals surface area (Å²) in [5.74, 6) is 0.972. The van der Waals surface area contributed by atoms with Crippen molar-refractivity contribution in [3.8, 4) is 5.75 Å². The van der Waals surface area contributed by atoms with Crippen LogP contribution in [0.25, 0.3) is 0 Å². The van der Waals surface area contributed by atoms with Gasteiger partial charge in [0.1, 0.15) is 11.8 Å². The molecule has 0 aliphatic heterocycles. The zero-order valence-electron chi connectivity index (χ0n) is 13.7. The van der Waals surface area contributed by atoms with E-state index in [1.807, 2.05) is 45.0 Å². The molecular formula is C17H27NO3. The summed E-state index contributed by atoms with van der Waals surface area (Å²) in [6.45, 7) is 11.1. The van der Waals surface area contributed by atoms with Crippen LogP contribution in [0.1, 0.15) is 46.2 Å². The molecule has 0 radical (unpaired) electrons. The average molecular weight is 293 g/mol. The second kappa shape index (κ2) is 8.67. The average Bonchev–Trinajstić information content (AvgIpc) is 2.38. The van der Waals surface area contributed by atoms with Crippen molar-refractivity contribution in [1.82, 2.24) is 5.32 Å². The first-order chi connectivity index (χ1) is 9.93. The van der Waals surface area contributed by atoms with E-state index in [2.05, 4.69) is 19.2 Å². The van der Waals surface area contributed by atoms with E-state index in [1.165, 1.54) is 0 Å². The molecule has 0 aliphatic rings. The van der Waals surface area contributed by atoms with Crippen LogP contribution in [-0.2, 0) is 9.53 Å². The standard InChI is InChI=1S/C17H27NO3/c1-6-20-17(19)16(18-11-12(2)3)14-8-7-9-15(10-14)21-13(4)5/h7-10,12-13,16,18H,6,11H2,1-5H3. The van der Waals surface area contributed by atoms with E-state index in [1.54, 1.807) is 0 Å². The third kappa shape index (κ3) is 6.17. The van der Waals surface area contributed by atoms with Gasteiger partial charge in [0.15, 0.2) is 0 Å². The molecular weight excluding hydrogens is 266 g/mol. The van der Waals surface area contributed by atoms with Crippen LogP contribution in [0.15, 0.2) is 24.3 Å². The van der Waals surface area contributed by atoms with Gasteiger partial charge in [0.25, 0.3) is 0 Å². The Balaban J connectivity index is 2.92. The Morgan fingerprint density at radius 2 is 1.95 bits per heavy atom. The second-order valence-corrected chi connectivity index (χ2v) is 5.73. The maximum atomic E-state index is 12.2. The number of rotatable bonds is 8. The van der Waals surface area contributed by atoms with Crippen LogP contribution in [0.4, 0.5) is 0 Å². The minimum atomic E-state index is -0.455. The fourth-order valence-electron chi connectivity index (χ4n) is 1.96. The Morgan fingerprint density at radius 3 is 2.52 bits per heavy atom. The third-order valence-corrected chi connectivity index (χ3v) is 2.82. The minimum absolute atomic E-state index is 0.102. The molecule has 1 atom stereocenters. The molecule has 1 N–H and O–H groups in total. The lowest BCUT2D eigenvalue weighted by molar-refractivity contribution is -0.145. The molecule has 0 heterocycles. The first-order valence-corrected chi connectivity index (χ1v) is 7.60. The van der Waals surface area contributed by atoms with Gasteiger partial charge in [-0.3, -0.25) is 0 Å². The van der Waals surface area contributed by atoms with Gasteiger partial charge >= 0.3 is 5.97 Å². The molecule has 0 fully saturated rings. The summed E-state index contributed by atoms with van der Waals surface area (Å²) in [6.07, 6.45) is 0.102. The summed E-state index contributed by atoms with van der Waals surface area (Å²) in [4.78, 5) is 12.2. The van der Waals surface area contributed by atoms with E-state index in [-0.39, 0.29) is 12.1 Å². The first kappa shape index (κ1) is 17.5. The Bertz CT molecular complexity index is 443. The van der Waals surface area contributed by atoms with E-state index in [4.69, 9.17) is 9.47 Å². The quantitative estimate of drug-likeness (QED) is 0.747. The predicted molar refractivity (Wildman–Crippen MR) is 84.4 cm³/mol. The van der Waals surface area contributed by atoms with Gasteiger partial charge in [-0.1, -0.05) is 26.0 Å². The topological polar surface area (TPSA) is 47.6 Å². The van der Waals surface area contributed by atoms with Crippen LogP contribution in [0.3, 0.4) is 0 Å². The van der Waals surface area contributed by atoms with E-state index >= 15 is 0 Å². The number of hydrogen-bond donors (Lipinski definition) is 1. The molecule has 4 heteroatoms. The maximum Gasteiger partial charge on any atom is 0.327 e. The number of benzene rings is 1. The number of carbonyl (C=O) groups excluding carboxylic acids is 1. The highest BCUT2D eigenvalue weighted by Gasteiger charge is 2.22. The number of ether oxygens (including phenoxy) is 2. The molecule has 118 valence electrons. The molecule has 4 nitrogen and oxygen atoms in total. The lowest BCUT2D eigenvalue weighted by atomic mass is 10.1. The molecule has 1 rings (SSSR count). The summed E-state index contributed by atoms with van der Waals surface area (Å²) in [5.41, 5.74) is 0.868. The molecule has 21 heavy (non-hydrogen) atoms. The molecule has 0 aromatic heterocycles. The molecule has 0 amide bonds. The number of esters is 1. The van der Waals surface area contributed by atoms with Gasteiger partial charge in [-0.05, 0) is 50.9 Å². The van der Waals surface area contributed by atoms with Gasteiger partial charge in [0, 0.05) is 0 Å². The molecule has 0 bridgehead atoms. The lowest BCUT2D eigenvalue weighted by Crippen LogP contribution is -2.32. The van der Waals surface area contributed by atoms with Crippen LogP contribution in [0, 0.1) is 5.92 Å². The zero-order valence-corrected chi connectivity index (χ0v) is 13.7. The van der Waals surface area contributed by atoms with Crippen LogP contribution in [0.2, 0.25) is 0 Å². The highest BCUT2D eigenvalue weighted by atomic mass is 16.5. The Morgan fingerprint density at radius 1 is 1.24 bits per heavy atom. The molecule has 1 aromatic rings. The van der Waals surface area contributed by atoms with Crippen molar-refractivity contribution in [1.29, 1.82) is 0 Å². The molecule has 0 saturated heterocycles. The van der Waals surface area contributed by atoms with Crippen LogP contribution < -0.4 is 10.1 Å². The lowest BCUT2D eigenvalue weighted by Gasteiger charge is -2.20. The largest absolute Gasteiger partial charge is 0.491 e. The molecule has 0 saturated carbocycles. The van der Waals surface area contributed by atoms with Crippen molar-refractivity contribution in [2.24, 2.45) is 5.92 Å². The summed E-state index contributed by atoms with van der Waals surface area (Å²) in [7, 11) is 0. The van der Waals surface area contributed by atoms with Gasteiger partial charge in [0.05, 0.1) is 12.7 Å². The second-order valence-electron chi connectivity index (χ2n) is 5.73. The SMILES string of the molecule is CCOC(=O)C(NCC(C)C)c1cccc(OC(C)C)c1. The normalized spacial score (nSPS) is 12.5. The van der Waals surface area contributed by atoms with Crippen molar-refractivity contribution >= 4 is 5.97 Å². The summed E-state index contributed by atoms with van der Waals surface area (Å²) >= 11 is 0. The summed E-state index contributed by atoms with van der Waals surface area (Å²) in [5, 5.41) is 3.27. The maximum absolute atomic E-state index is 12.2. The Kier molecular flexibility index (Phi) is 7.23. The fraction of sp³-hybridized carbons (Fsp3) is 0.588. The van der Waals surface area contributed by atoms with Crippen molar-refractivity contribution in [3.05, 3.63) is 29.8 Å². The number of nitrogens with one attached hydrogen (secondary N) is 1. The highest BCUT2D eigenvalue weighted by molar-refractivity contribution is 5.77. The summed E-state index contributed by atoms with van der Waals surface area (Å²) < 4.78 is 10.9. The van der Waals surface area contributed by atoms with E-state index < -0.39 is 6.04 Å². The minimum Gasteiger partial charge on any atom is -0.491 e. The number of hydrogen-bond acceptors (Lipinski definition) is 4.